The molecule has 110 valence electrons. The Morgan fingerprint density at radius 3 is 3.05 bits per heavy atom. The molecule has 1 aliphatic rings. The van der Waals surface area contributed by atoms with Gasteiger partial charge in [-0.2, -0.15) is 0 Å². The van der Waals surface area contributed by atoms with Crippen molar-refractivity contribution in [2.75, 3.05) is 11.9 Å². The molecule has 0 saturated heterocycles. The van der Waals surface area contributed by atoms with Crippen molar-refractivity contribution in [1.82, 2.24) is 19.9 Å². The lowest BCUT2D eigenvalue weighted by Gasteiger charge is -2.17. The molecular formula is C16H15N5O. The average Bonchev–Trinajstić information content (AvgIpc) is 2.98. The molecule has 1 aromatic carbocycles. The molecule has 6 nitrogen and oxygen atoms in total. The van der Waals surface area contributed by atoms with Crippen LogP contribution in [0.25, 0.3) is 22.0 Å². The minimum atomic E-state index is 0.555. The Kier molecular flexibility index (Phi) is 3.08. The van der Waals surface area contributed by atoms with Gasteiger partial charge in [-0.05, 0) is 17.5 Å². The van der Waals surface area contributed by atoms with Gasteiger partial charge in [-0.25, -0.2) is 9.97 Å². The highest BCUT2D eigenvalue weighted by Gasteiger charge is 2.14. The third-order valence-electron chi connectivity index (χ3n) is 3.96. The van der Waals surface area contributed by atoms with Crippen molar-refractivity contribution in [3.63, 3.8) is 0 Å². The van der Waals surface area contributed by atoms with Gasteiger partial charge in [-0.1, -0.05) is 12.1 Å². The standard InChI is InChI=1S/C16H15N5O/c22-10-20-15-6-13-5-11(1-2-12(13)7-18-15)14-8-19-16-9-17-3-4-21(14)16/h1-2,5-8,10,17H,3-4,9H2,(H,18,20,22). The predicted octanol–water partition coefficient (Wildman–Crippen LogP) is 1.77. The van der Waals surface area contributed by atoms with E-state index in [0.29, 0.717) is 12.2 Å². The molecule has 0 fully saturated rings. The molecule has 0 saturated carbocycles. The first-order valence-corrected chi connectivity index (χ1v) is 7.20. The highest BCUT2D eigenvalue weighted by Crippen LogP contribution is 2.26. The number of nitrogens with zero attached hydrogens (tertiary/aromatic N) is 3. The van der Waals surface area contributed by atoms with Crippen LogP contribution in [-0.2, 0) is 17.9 Å². The number of anilines is 1. The lowest BCUT2D eigenvalue weighted by molar-refractivity contribution is -0.105. The second kappa shape index (κ2) is 5.23. The van der Waals surface area contributed by atoms with Gasteiger partial charge < -0.3 is 15.2 Å². The Morgan fingerprint density at radius 2 is 2.14 bits per heavy atom. The Morgan fingerprint density at radius 1 is 1.18 bits per heavy atom. The number of rotatable bonds is 3. The second-order valence-electron chi connectivity index (χ2n) is 5.28. The van der Waals surface area contributed by atoms with Crippen LogP contribution in [-0.4, -0.2) is 27.5 Å². The Hall–Kier alpha value is -2.73. The number of hydrogen-bond donors (Lipinski definition) is 2. The van der Waals surface area contributed by atoms with Crippen LogP contribution in [0.2, 0.25) is 0 Å². The fourth-order valence-electron chi connectivity index (χ4n) is 2.87. The predicted molar refractivity (Wildman–Crippen MR) is 84.4 cm³/mol. The van der Waals surface area contributed by atoms with Crippen LogP contribution in [0.4, 0.5) is 5.82 Å². The van der Waals surface area contributed by atoms with Crippen molar-refractivity contribution in [2.45, 2.75) is 13.1 Å². The first-order chi connectivity index (χ1) is 10.8. The van der Waals surface area contributed by atoms with E-state index >= 15 is 0 Å². The van der Waals surface area contributed by atoms with Crippen LogP contribution in [0.15, 0.2) is 36.7 Å². The molecule has 6 heteroatoms. The largest absolute Gasteiger partial charge is 0.326 e. The number of carbonyl (C=O) groups excluding carboxylic acids is 1. The summed E-state index contributed by atoms with van der Waals surface area (Å²) >= 11 is 0. The summed E-state index contributed by atoms with van der Waals surface area (Å²) in [4.78, 5) is 19.2. The molecule has 0 radical (unpaired) electrons. The van der Waals surface area contributed by atoms with E-state index in [4.69, 9.17) is 0 Å². The van der Waals surface area contributed by atoms with Gasteiger partial charge in [0.1, 0.15) is 11.6 Å². The highest BCUT2D eigenvalue weighted by atomic mass is 16.1. The zero-order chi connectivity index (χ0) is 14.9. The molecular weight excluding hydrogens is 278 g/mol. The molecule has 0 spiro atoms. The van der Waals surface area contributed by atoms with E-state index < -0.39 is 0 Å². The maximum absolute atomic E-state index is 10.6. The van der Waals surface area contributed by atoms with E-state index in [1.54, 1.807) is 6.20 Å². The summed E-state index contributed by atoms with van der Waals surface area (Å²) in [6.07, 6.45) is 4.33. The molecule has 4 rings (SSSR count). The molecule has 1 amide bonds. The molecule has 3 heterocycles. The Balaban J connectivity index is 1.81. The normalized spacial score (nSPS) is 13.8. The van der Waals surface area contributed by atoms with Crippen LogP contribution in [0, 0.1) is 0 Å². The van der Waals surface area contributed by atoms with E-state index in [1.165, 1.54) is 0 Å². The second-order valence-corrected chi connectivity index (χ2v) is 5.28. The van der Waals surface area contributed by atoms with Gasteiger partial charge in [0.05, 0.1) is 18.4 Å². The summed E-state index contributed by atoms with van der Waals surface area (Å²) in [5.41, 5.74) is 2.25. The number of carbonyl (C=O) groups is 1. The molecule has 2 N–H and O–H groups in total. The number of pyridine rings is 1. The van der Waals surface area contributed by atoms with Crippen molar-refractivity contribution in [3.8, 4) is 11.3 Å². The van der Waals surface area contributed by atoms with Gasteiger partial charge in [0.25, 0.3) is 0 Å². The van der Waals surface area contributed by atoms with E-state index in [2.05, 4.69) is 37.3 Å². The van der Waals surface area contributed by atoms with Gasteiger partial charge in [-0.15, -0.1) is 0 Å². The fourth-order valence-corrected chi connectivity index (χ4v) is 2.87. The fraction of sp³-hybridized carbons (Fsp3) is 0.188. The first-order valence-electron chi connectivity index (χ1n) is 7.20. The minimum absolute atomic E-state index is 0.555. The summed E-state index contributed by atoms with van der Waals surface area (Å²) in [6.45, 7) is 2.70. The molecule has 0 atom stereocenters. The van der Waals surface area contributed by atoms with E-state index in [-0.39, 0.29) is 0 Å². The molecule has 2 aromatic heterocycles. The number of hydrogen-bond acceptors (Lipinski definition) is 4. The lowest BCUT2D eigenvalue weighted by atomic mass is 10.1. The van der Waals surface area contributed by atoms with Crippen LogP contribution in [0.1, 0.15) is 5.82 Å². The number of imidazole rings is 1. The molecule has 1 aliphatic heterocycles. The molecule has 0 unspecified atom stereocenters. The van der Waals surface area contributed by atoms with Gasteiger partial charge in [0, 0.05) is 30.2 Å². The number of amides is 1. The van der Waals surface area contributed by atoms with E-state index in [1.807, 2.05) is 18.3 Å². The summed E-state index contributed by atoms with van der Waals surface area (Å²) < 4.78 is 2.25. The average molecular weight is 293 g/mol. The van der Waals surface area contributed by atoms with Crippen LogP contribution in [0.5, 0.6) is 0 Å². The topological polar surface area (TPSA) is 71.8 Å². The maximum Gasteiger partial charge on any atom is 0.212 e. The van der Waals surface area contributed by atoms with Gasteiger partial charge >= 0.3 is 0 Å². The molecule has 0 aliphatic carbocycles. The van der Waals surface area contributed by atoms with E-state index in [9.17, 15) is 4.79 Å². The number of aromatic nitrogens is 3. The monoisotopic (exact) mass is 293 g/mol. The summed E-state index contributed by atoms with van der Waals surface area (Å²) in [6, 6.07) is 8.12. The number of fused-ring (bicyclic) bond motifs is 2. The van der Waals surface area contributed by atoms with Gasteiger partial charge in [0.2, 0.25) is 6.41 Å². The van der Waals surface area contributed by atoms with Crippen molar-refractivity contribution in [2.24, 2.45) is 0 Å². The van der Waals surface area contributed by atoms with E-state index in [0.717, 1.165) is 47.5 Å². The smallest absolute Gasteiger partial charge is 0.212 e. The third-order valence-corrected chi connectivity index (χ3v) is 3.96. The highest BCUT2D eigenvalue weighted by molar-refractivity contribution is 5.89. The maximum atomic E-state index is 10.6. The number of nitrogens with one attached hydrogen (secondary N) is 2. The lowest BCUT2D eigenvalue weighted by Crippen LogP contribution is -2.28. The third kappa shape index (κ3) is 2.14. The van der Waals surface area contributed by atoms with Gasteiger partial charge in [-0.3, -0.25) is 4.79 Å². The summed E-state index contributed by atoms with van der Waals surface area (Å²) in [7, 11) is 0. The van der Waals surface area contributed by atoms with Crippen LogP contribution >= 0.6 is 0 Å². The molecule has 3 aromatic rings. The zero-order valence-corrected chi connectivity index (χ0v) is 11.9. The number of benzene rings is 1. The van der Waals surface area contributed by atoms with Gasteiger partial charge in [0.15, 0.2) is 0 Å². The summed E-state index contributed by atoms with van der Waals surface area (Å²) in [5.74, 6) is 1.62. The van der Waals surface area contributed by atoms with Crippen molar-refractivity contribution < 1.29 is 4.79 Å². The Bertz CT molecular complexity index is 855. The van der Waals surface area contributed by atoms with Crippen molar-refractivity contribution >= 4 is 23.0 Å². The summed E-state index contributed by atoms with van der Waals surface area (Å²) in [5, 5.41) is 8.00. The first kappa shape index (κ1) is 13.0. The van der Waals surface area contributed by atoms with Crippen LogP contribution < -0.4 is 10.6 Å². The van der Waals surface area contributed by atoms with Crippen molar-refractivity contribution in [3.05, 3.63) is 42.5 Å². The minimum Gasteiger partial charge on any atom is -0.326 e. The molecule has 0 bridgehead atoms. The Labute approximate surface area is 127 Å². The molecule has 22 heavy (non-hydrogen) atoms. The SMILES string of the molecule is O=CNc1cc2cc(-c3cnc4n3CCNC4)ccc2cn1. The van der Waals surface area contributed by atoms with Crippen LogP contribution in [0.3, 0.4) is 0 Å². The van der Waals surface area contributed by atoms with Crippen molar-refractivity contribution in [1.29, 1.82) is 0 Å². The quantitative estimate of drug-likeness (QED) is 0.722. The zero-order valence-electron chi connectivity index (χ0n) is 11.9.